The highest BCUT2D eigenvalue weighted by atomic mass is 16.5. The van der Waals surface area contributed by atoms with Crippen molar-refractivity contribution in [3.8, 4) is 5.75 Å². The highest BCUT2D eigenvalue weighted by molar-refractivity contribution is 5.88. The molecule has 2 rings (SSSR count). The van der Waals surface area contributed by atoms with Gasteiger partial charge in [-0.2, -0.15) is 0 Å². The summed E-state index contributed by atoms with van der Waals surface area (Å²) in [6.45, 7) is 7.11. The first kappa shape index (κ1) is 20.0. The maximum absolute atomic E-state index is 12.3. The van der Waals surface area contributed by atoms with Crippen LogP contribution in [0.1, 0.15) is 31.4 Å². The van der Waals surface area contributed by atoms with Gasteiger partial charge in [0.25, 0.3) is 5.91 Å². The summed E-state index contributed by atoms with van der Waals surface area (Å²) in [6, 6.07) is 5.17. The summed E-state index contributed by atoms with van der Waals surface area (Å²) >= 11 is 0. The number of nitrogens with zero attached hydrogens (tertiary/aromatic N) is 1. The molecule has 0 fully saturated rings. The van der Waals surface area contributed by atoms with Crippen molar-refractivity contribution in [2.75, 3.05) is 27.2 Å². The van der Waals surface area contributed by atoms with Crippen molar-refractivity contribution in [1.29, 1.82) is 0 Å². The van der Waals surface area contributed by atoms with Crippen LogP contribution >= 0.6 is 0 Å². The van der Waals surface area contributed by atoms with Crippen molar-refractivity contribution in [2.24, 2.45) is 0 Å². The molecule has 1 aromatic carbocycles. The van der Waals surface area contributed by atoms with Crippen LogP contribution in [0.3, 0.4) is 0 Å². The topological polar surface area (TPSA) is 71.8 Å². The third-order valence-electron chi connectivity index (χ3n) is 4.17. The second-order valence-electron chi connectivity index (χ2n) is 6.79. The standard InChI is InChI=1S/C20H28N2O4/c1-6-15-12-18(23)26-17-11-13(2)10-16(19(15)17)25-14(3)20(24)21-8-7-9-22(4)5/h10-12,14H,6-9H2,1-5H3,(H,21,24)/t14-/m0/s1. The van der Waals surface area contributed by atoms with Gasteiger partial charge in [-0.25, -0.2) is 4.79 Å². The van der Waals surface area contributed by atoms with Crippen LogP contribution in [0.15, 0.2) is 27.4 Å². The highest BCUT2D eigenvalue weighted by Gasteiger charge is 2.18. The van der Waals surface area contributed by atoms with E-state index in [-0.39, 0.29) is 11.5 Å². The molecule has 1 atom stereocenters. The molecule has 0 aliphatic carbocycles. The third-order valence-corrected chi connectivity index (χ3v) is 4.17. The van der Waals surface area contributed by atoms with Gasteiger partial charge in [0.2, 0.25) is 0 Å². The van der Waals surface area contributed by atoms with Gasteiger partial charge >= 0.3 is 5.63 Å². The molecule has 1 heterocycles. The minimum absolute atomic E-state index is 0.158. The summed E-state index contributed by atoms with van der Waals surface area (Å²) in [4.78, 5) is 26.1. The molecule has 2 aromatic rings. The summed E-state index contributed by atoms with van der Waals surface area (Å²) in [5.74, 6) is 0.408. The SMILES string of the molecule is CCc1cc(=O)oc2cc(C)cc(O[C@@H](C)C(=O)NCCCN(C)C)c12. The van der Waals surface area contributed by atoms with Gasteiger partial charge in [-0.1, -0.05) is 6.92 Å². The van der Waals surface area contributed by atoms with E-state index < -0.39 is 6.10 Å². The van der Waals surface area contributed by atoms with Gasteiger partial charge in [-0.15, -0.1) is 0 Å². The van der Waals surface area contributed by atoms with Crippen molar-refractivity contribution in [1.82, 2.24) is 10.2 Å². The quantitative estimate of drug-likeness (QED) is 0.578. The monoisotopic (exact) mass is 360 g/mol. The van der Waals surface area contributed by atoms with Crippen LogP contribution in [-0.2, 0) is 11.2 Å². The predicted molar refractivity (Wildman–Crippen MR) is 103 cm³/mol. The number of fused-ring (bicyclic) bond motifs is 1. The molecule has 0 saturated carbocycles. The van der Waals surface area contributed by atoms with Crippen LogP contribution in [0.2, 0.25) is 0 Å². The zero-order chi connectivity index (χ0) is 19.3. The number of aryl methyl sites for hydroxylation is 2. The van der Waals surface area contributed by atoms with E-state index in [0.717, 1.165) is 29.5 Å². The van der Waals surface area contributed by atoms with Crippen LogP contribution in [0.5, 0.6) is 5.75 Å². The molecule has 142 valence electrons. The van der Waals surface area contributed by atoms with Crippen molar-refractivity contribution < 1.29 is 13.9 Å². The van der Waals surface area contributed by atoms with Gasteiger partial charge in [0.15, 0.2) is 6.10 Å². The maximum atomic E-state index is 12.3. The van der Waals surface area contributed by atoms with Gasteiger partial charge in [0, 0.05) is 12.6 Å². The second-order valence-corrected chi connectivity index (χ2v) is 6.79. The Balaban J connectivity index is 2.19. The zero-order valence-electron chi connectivity index (χ0n) is 16.2. The molecule has 1 aromatic heterocycles. The first-order chi connectivity index (χ1) is 12.3. The molecule has 0 radical (unpaired) electrons. The van der Waals surface area contributed by atoms with Crippen molar-refractivity contribution in [3.05, 3.63) is 39.7 Å². The van der Waals surface area contributed by atoms with E-state index in [2.05, 4.69) is 10.2 Å². The van der Waals surface area contributed by atoms with Crippen LogP contribution in [0.25, 0.3) is 11.0 Å². The molecule has 0 unspecified atom stereocenters. The molecular weight excluding hydrogens is 332 g/mol. The molecule has 0 saturated heterocycles. The summed E-state index contributed by atoms with van der Waals surface area (Å²) < 4.78 is 11.3. The number of ether oxygens (including phenoxy) is 1. The van der Waals surface area contributed by atoms with Crippen LogP contribution in [-0.4, -0.2) is 44.1 Å². The average Bonchev–Trinajstić information content (AvgIpc) is 2.56. The Bertz CT molecular complexity index is 826. The van der Waals surface area contributed by atoms with Gasteiger partial charge in [0.05, 0.1) is 5.39 Å². The lowest BCUT2D eigenvalue weighted by Gasteiger charge is -2.18. The second kappa shape index (κ2) is 8.85. The fraction of sp³-hybridized carbons (Fsp3) is 0.500. The molecule has 0 bridgehead atoms. The van der Waals surface area contributed by atoms with Gasteiger partial charge in [-0.3, -0.25) is 4.79 Å². The number of hydrogen-bond donors (Lipinski definition) is 1. The van der Waals surface area contributed by atoms with E-state index in [1.807, 2.05) is 40.1 Å². The molecule has 1 amide bonds. The number of amides is 1. The van der Waals surface area contributed by atoms with Crippen molar-refractivity contribution in [3.63, 3.8) is 0 Å². The van der Waals surface area contributed by atoms with Crippen LogP contribution in [0, 0.1) is 6.92 Å². The Morgan fingerprint density at radius 1 is 1.31 bits per heavy atom. The predicted octanol–water partition coefficient (Wildman–Crippen LogP) is 2.50. The van der Waals surface area contributed by atoms with E-state index in [1.54, 1.807) is 6.92 Å². The maximum Gasteiger partial charge on any atom is 0.336 e. The Morgan fingerprint density at radius 2 is 2.04 bits per heavy atom. The molecule has 6 heteroatoms. The lowest BCUT2D eigenvalue weighted by Crippen LogP contribution is -2.37. The summed E-state index contributed by atoms with van der Waals surface area (Å²) in [7, 11) is 4.00. The molecule has 6 nitrogen and oxygen atoms in total. The van der Waals surface area contributed by atoms with Gasteiger partial charge in [0.1, 0.15) is 11.3 Å². The highest BCUT2D eigenvalue weighted by Crippen LogP contribution is 2.30. The molecule has 26 heavy (non-hydrogen) atoms. The zero-order valence-corrected chi connectivity index (χ0v) is 16.2. The lowest BCUT2D eigenvalue weighted by atomic mass is 10.0. The average molecular weight is 360 g/mol. The van der Waals surface area contributed by atoms with E-state index in [4.69, 9.17) is 9.15 Å². The van der Waals surface area contributed by atoms with Crippen LogP contribution < -0.4 is 15.7 Å². The lowest BCUT2D eigenvalue weighted by molar-refractivity contribution is -0.127. The van der Waals surface area contributed by atoms with Gasteiger partial charge in [-0.05, 0) is 70.6 Å². The summed E-state index contributed by atoms with van der Waals surface area (Å²) in [5, 5.41) is 3.65. The van der Waals surface area contributed by atoms with E-state index in [9.17, 15) is 9.59 Å². The first-order valence-electron chi connectivity index (χ1n) is 8.98. The molecule has 0 spiro atoms. The Kier molecular flexibility index (Phi) is 6.80. The van der Waals surface area contributed by atoms with Crippen molar-refractivity contribution >= 4 is 16.9 Å². The number of carbonyl (C=O) groups excluding carboxylic acids is 1. The number of nitrogens with one attached hydrogen (secondary N) is 1. The summed E-state index contributed by atoms with van der Waals surface area (Å²) in [6.07, 6.45) is 0.910. The van der Waals surface area contributed by atoms with E-state index in [0.29, 0.717) is 24.3 Å². The third kappa shape index (κ3) is 5.08. The van der Waals surface area contributed by atoms with E-state index >= 15 is 0 Å². The number of hydrogen-bond acceptors (Lipinski definition) is 5. The van der Waals surface area contributed by atoms with Gasteiger partial charge < -0.3 is 19.4 Å². The van der Waals surface area contributed by atoms with E-state index in [1.165, 1.54) is 6.07 Å². The molecule has 1 N–H and O–H groups in total. The minimum atomic E-state index is -0.643. The first-order valence-corrected chi connectivity index (χ1v) is 8.98. The normalized spacial score (nSPS) is 12.4. The Hall–Kier alpha value is -2.34. The van der Waals surface area contributed by atoms with Crippen LogP contribution in [0.4, 0.5) is 0 Å². The van der Waals surface area contributed by atoms with Crippen molar-refractivity contribution in [2.45, 2.75) is 39.7 Å². The smallest absolute Gasteiger partial charge is 0.336 e. The fourth-order valence-electron chi connectivity index (χ4n) is 2.84. The molecular formula is C20H28N2O4. The Morgan fingerprint density at radius 3 is 2.69 bits per heavy atom. The number of rotatable bonds is 8. The minimum Gasteiger partial charge on any atom is -0.480 e. The summed E-state index contributed by atoms with van der Waals surface area (Å²) in [5.41, 5.74) is 1.87. The largest absolute Gasteiger partial charge is 0.480 e. The fourth-order valence-corrected chi connectivity index (χ4v) is 2.84. The number of carbonyl (C=O) groups is 1. The number of benzene rings is 1. The molecule has 0 aliphatic rings. The molecule has 0 aliphatic heterocycles. The Labute approximate surface area is 154 Å².